The van der Waals surface area contributed by atoms with Gasteiger partial charge in [-0.3, -0.25) is 0 Å². The molecule has 0 aliphatic carbocycles. The van der Waals surface area contributed by atoms with Crippen LogP contribution in [-0.2, 0) is 4.74 Å². The van der Waals surface area contributed by atoms with E-state index in [2.05, 4.69) is 39.9 Å². The van der Waals surface area contributed by atoms with Crippen molar-refractivity contribution in [1.82, 2.24) is 5.32 Å². The van der Waals surface area contributed by atoms with Gasteiger partial charge in [-0.1, -0.05) is 27.7 Å². The van der Waals surface area contributed by atoms with Crippen LogP contribution in [0, 0.1) is 17.8 Å². The maximum Gasteiger partial charge on any atom is 0.0506 e. The minimum atomic E-state index is 0.670. The first kappa shape index (κ1) is 14.9. The minimum absolute atomic E-state index is 0.670. The van der Waals surface area contributed by atoms with Crippen LogP contribution in [0.4, 0.5) is 0 Å². The molecule has 92 valence electrons. The highest BCUT2D eigenvalue weighted by Gasteiger charge is 2.10. The van der Waals surface area contributed by atoms with Crippen molar-refractivity contribution in [3.05, 3.63) is 0 Å². The molecule has 0 fully saturated rings. The molecule has 0 bridgehead atoms. The summed E-state index contributed by atoms with van der Waals surface area (Å²) in [7, 11) is 0. The predicted molar refractivity (Wildman–Crippen MR) is 67.1 cm³/mol. The molecule has 1 atom stereocenters. The molecule has 15 heavy (non-hydrogen) atoms. The molecule has 2 nitrogen and oxygen atoms in total. The molecule has 1 N–H and O–H groups in total. The molecule has 0 aromatic heterocycles. The summed E-state index contributed by atoms with van der Waals surface area (Å²) in [6.45, 7) is 15.0. The van der Waals surface area contributed by atoms with Gasteiger partial charge in [0.05, 0.1) is 6.61 Å². The number of hydrogen-bond donors (Lipinski definition) is 1. The minimum Gasteiger partial charge on any atom is -0.381 e. The fraction of sp³-hybridized carbons (Fsp3) is 1.00. The van der Waals surface area contributed by atoms with E-state index < -0.39 is 0 Å². The zero-order valence-electron chi connectivity index (χ0n) is 11.2. The zero-order chi connectivity index (χ0) is 11.7. The van der Waals surface area contributed by atoms with Crippen molar-refractivity contribution in [2.24, 2.45) is 17.8 Å². The molecule has 0 aliphatic rings. The summed E-state index contributed by atoms with van der Waals surface area (Å²) in [4.78, 5) is 0. The molecule has 2 heteroatoms. The average molecular weight is 215 g/mol. The third-order valence-electron chi connectivity index (χ3n) is 2.35. The van der Waals surface area contributed by atoms with Gasteiger partial charge in [0.15, 0.2) is 0 Å². The van der Waals surface area contributed by atoms with Gasteiger partial charge in [0.1, 0.15) is 0 Å². The van der Waals surface area contributed by atoms with Crippen LogP contribution >= 0.6 is 0 Å². The van der Waals surface area contributed by atoms with Crippen molar-refractivity contribution in [2.45, 2.75) is 41.0 Å². The standard InChI is InChI=1S/C13H29NO/c1-6-15-10-13(7-11(2)3)9-14-8-12(4)5/h11-14H,6-10H2,1-5H3. The Morgan fingerprint density at radius 1 is 1.00 bits per heavy atom. The zero-order valence-corrected chi connectivity index (χ0v) is 11.2. The van der Waals surface area contributed by atoms with Crippen LogP contribution in [-0.4, -0.2) is 26.3 Å². The molecule has 0 saturated heterocycles. The average Bonchev–Trinajstić information content (AvgIpc) is 2.12. The largest absolute Gasteiger partial charge is 0.381 e. The Morgan fingerprint density at radius 2 is 1.67 bits per heavy atom. The van der Waals surface area contributed by atoms with Crippen molar-refractivity contribution in [3.63, 3.8) is 0 Å². The summed E-state index contributed by atoms with van der Waals surface area (Å²) in [5, 5.41) is 3.52. The summed E-state index contributed by atoms with van der Waals surface area (Å²) in [5.74, 6) is 2.16. The third kappa shape index (κ3) is 10.2. The lowest BCUT2D eigenvalue weighted by atomic mass is 9.97. The van der Waals surface area contributed by atoms with Crippen LogP contribution in [0.15, 0.2) is 0 Å². The van der Waals surface area contributed by atoms with E-state index in [0.717, 1.165) is 38.1 Å². The highest BCUT2D eigenvalue weighted by atomic mass is 16.5. The van der Waals surface area contributed by atoms with Crippen molar-refractivity contribution in [1.29, 1.82) is 0 Å². The van der Waals surface area contributed by atoms with E-state index in [0.29, 0.717) is 5.92 Å². The van der Waals surface area contributed by atoms with Gasteiger partial charge >= 0.3 is 0 Å². The normalized spacial score (nSPS) is 13.8. The van der Waals surface area contributed by atoms with Gasteiger partial charge in [-0.25, -0.2) is 0 Å². The van der Waals surface area contributed by atoms with Crippen LogP contribution < -0.4 is 5.32 Å². The fourth-order valence-electron chi connectivity index (χ4n) is 1.74. The van der Waals surface area contributed by atoms with Crippen LogP contribution in [0.1, 0.15) is 41.0 Å². The molecule has 0 heterocycles. The predicted octanol–water partition coefficient (Wildman–Crippen LogP) is 2.93. The molecule has 0 amide bonds. The van der Waals surface area contributed by atoms with Gasteiger partial charge in [0.25, 0.3) is 0 Å². The summed E-state index contributed by atoms with van der Waals surface area (Å²) in [5.41, 5.74) is 0. The summed E-state index contributed by atoms with van der Waals surface area (Å²) in [6.07, 6.45) is 1.26. The molecule has 0 spiro atoms. The van der Waals surface area contributed by atoms with Gasteiger partial charge in [-0.15, -0.1) is 0 Å². The second kappa shape index (κ2) is 9.17. The summed E-state index contributed by atoms with van der Waals surface area (Å²) < 4.78 is 5.51. The molecule has 0 radical (unpaired) electrons. The van der Waals surface area contributed by atoms with Crippen LogP contribution in [0.2, 0.25) is 0 Å². The van der Waals surface area contributed by atoms with E-state index in [1.807, 2.05) is 0 Å². The summed E-state index contributed by atoms with van der Waals surface area (Å²) in [6, 6.07) is 0. The van der Waals surface area contributed by atoms with E-state index in [-0.39, 0.29) is 0 Å². The highest BCUT2D eigenvalue weighted by Crippen LogP contribution is 2.11. The van der Waals surface area contributed by atoms with Gasteiger partial charge in [0, 0.05) is 13.2 Å². The number of nitrogens with one attached hydrogen (secondary N) is 1. The Balaban J connectivity index is 3.69. The maximum atomic E-state index is 5.51. The molecule has 0 aliphatic heterocycles. The first-order valence-electron chi connectivity index (χ1n) is 6.34. The molecule has 0 aromatic rings. The van der Waals surface area contributed by atoms with E-state index in [4.69, 9.17) is 4.74 Å². The Morgan fingerprint density at radius 3 is 2.13 bits per heavy atom. The van der Waals surface area contributed by atoms with Crippen molar-refractivity contribution in [3.8, 4) is 0 Å². The fourth-order valence-corrected chi connectivity index (χ4v) is 1.74. The Hall–Kier alpha value is -0.0800. The van der Waals surface area contributed by atoms with Gasteiger partial charge < -0.3 is 10.1 Å². The Bertz CT molecular complexity index is 134. The topological polar surface area (TPSA) is 21.3 Å². The first-order chi connectivity index (χ1) is 7.06. The van der Waals surface area contributed by atoms with Crippen LogP contribution in [0.3, 0.4) is 0 Å². The van der Waals surface area contributed by atoms with Gasteiger partial charge in [-0.05, 0) is 37.6 Å². The smallest absolute Gasteiger partial charge is 0.0506 e. The first-order valence-corrected chi connectivity index (χ1v) is 6.34. The lowest BCUT2D eigenvalue weighted by Gasteiger charge is -2.20. The van der Waals surface area contributed by atoms with E-state index in [9.17, 15) is 0 Å². The molecular weight excluding hydrogens is 186 g/mol. The van der Waals surface area contributed by atoms with E-state index in [1.165, 1.54) is 6.42 Å². The van der Waals surface area contributed by atoms with E-state index in [1.54, 1.807) is 0 Å². The quantitative estimate of drug-likeness (QED) is 0.638. The Kier molecular flexibility index (Phi) is 9.12. The SMILES string of the molecule is CCOCC(CNCC(C)C)CC(C)C. The van der Waals surface area contributed by atoms with Gasteiger partial charge in [-0.2, -0.15) is 0 Å². The second-order valence-corrected chi connectivity index (χ2v) is 5.21. The van der Waals surface area contributed by atoms with Crippen LogP contribution in [0.25, 0.3) is 0 Å². The molecule has 0 rings (SSSR count). The van der Waals surface area contributed by atoms with E-state index >= 15 is 0 Å². The third-order valence-corrected chi connectivity index (χ3v) is 2.35. The lowest BCUT2D eigenvalue weighted by molar-refractivity contribution is 0.101. The van der Waals surface area contributed by atoms with Crippen molar-refractivity contribution in [2.75, 3.05) is 26.3 Å². The molecule has 0 saturated carbocycles. The lowest BCUT2D eigenvalue weighted by Crippen LogP contribution is -2.29. The number of hydrogen-bond acceptors (Lipinski definition) is 2. The highest BCUT2D eigenvalue weighted by molar-refractivity contribution is 4.64. The monoisotopic (exact) mass is 215 g/mol. The maximum absolute atomic E-state index is 5.51. The van der Waals surface area contributed by atoms with Crippen LogP contribution in [0.5, 0.6) is 0 Å². The molecule has 0 aromatic carbocycles. The molecular formula is C13H29NO. The second-order valence-electron chi connectivity index (χ2n) is 5.21. The summed E-state index contributed by atoms with van der Waals surface area (Å²) >= 11 is 0. The Labute approximate surface area is 95.8 Å². The van der Waals surface area contributed by atoms with Crippen molar-refractivity contribution < 1.29 is 4.74 Å². The number of rotatable bonds is 9. The molecule has 1 unspecified atom stereocenters. The number of ether oxygens (including phenoxy) is 1. The van der Waals surface area contributed by atoms with Gasteiger partial charge in [0.2, 0.25) is 0 Å². The van der Waals surface area contributed by atoms with Crippen molar-refractivity contribution >= 4 is 0 Å².